The SMILES string of the molecule is Cc1ccc(OCCNC(=O)CN(c2cc(C(F)(F)F)ccc2Cl)S(C)(=O)=O)cc1C. The van der Waals surface area contributed by atoms with E-state index in [0.29, 0.717) is 16.1 Å². The van der Waals surface area contributed by atoms with E-state index < -0.39 is 39.9 Å². The molecule has 170 valence electrons. The van der Waals surface area contributed by atoms with Crippen molar-refractivity contribution in [1.29, 1.82) is 0 Å². The van der Waals surface area contributed by atoms with Gasteiger partial charge in [-0.25, -0.2) is 8.42 Å². The number of nitrogens with zero attached hydrogens (tertiary/aromatic N) is 1. The maximum absolute atomic E-state index is 13.0. The number of benzene rings is 2. The molecule has 31 heavy (non-hydrogen) atoms. The average Bonchev–Trinajstić information content (AvgIpc) is 2.65. The summed E-state index contributed by atoms with van der Waals surface area (Å²) < 4.78 is 69.4. The quantitative estimate of drug-likeness (QED) is 0.583. The first kappa shape index (κ1) is 24.8. The summed E-state index contributed by atoms with van der Waals surface area (Å²) in [6, 6.07) is 7.79. The molecule has 0 heterocycles. The Morgan fingerprint density at radius 1 is 1.13 bits per heavy atom. The van der Waals surface area contributed by atoms with Gasteiger partial charge in [0.25, 0.3) is 0 Å². The number of hydrogen-bond acceptors (Lipinski definition) is 4. The van der Waals surface area contributed by atoms with Crippen LogP contribution in [0.1, 0.15) is 16.7 Å². The van der Waals surface area contributed by atoms with Crippen LogP contribution in [-0.2, 0) is 21.0 Å². The third kappa shape index (κ3) is 7.03. The average molecular weight is 479 g/mol. The highest BCUT2D eigenvalue weighted by Gasteiger charge is 2.33. The molecule has 0 fully saturated rings. The van der Waals surface area contributed by atoms with Crippen LogP contribution in [-0.4, -0.2) is 40.3 Å². The zero-order valence-corrected chi connectivity index (χ0v) is 18.7. The van der Waals surface area contributed by atoms with E-state index in [1.165, 1.54) is 0 Å². The molecular formula is C20H22ClF3N2O4S. The number of halogens is 4. The van der Waals surface area contributed by atoms with Crippen LogP contribution in [0.5, 0.6) is 5.75 Å². The van der Waals surface area contributed by atoms with Crippen molar-refractivity contribution in [3.05, 3.63) is 58.1 Å². The molecule has 11 heteroatoms. The molecule has 2 aromatic carbocycles. The smallest absolute Gasteiger partial charge is 0.416 e. The maximum atomic E-state index is 13.0. The monoisotopic (exact) mass is 478 g/mol. The van der Waals surface area contributed by atoms with Gasteiger partial charge in [0, 0.05) is 0 Å². The number of hydrogen-bond donors (Lipinski definition) is 1. The molecule has 0 aliphatic heterocycles. The van der Waals surface area contributed by atoms with E-state index in [2.05, 4.69) is 5.32 Å². The Kier molecular flexibility index (Phi) is 7.82. The number of nitrogens with one attached hydrogen (secondary N) is 1. The van der Waals surface area contributed by atoms with Crippen LogP contribution < -0.4 is 14.4 Å². The molecule has 0 atom stereocenters. The molecule has 0 aliphatic rings. The van der Waals surface area contributed by atoms with E-state index in [4.69, 9.17) is 16.3 Å². The molecule has 0 spiro atoms. The maximum Gasteiger partial charge on any atom is 0.416 e. The Hall–Kier alpha value is -2.46. The second-order valence-electron chi connectivity index (χ2n) is 6.88. The van der Waals surface area contributed by atoms with E-state index in [1.54, 1.807) is 6.07 Å². The van der Waals surface area contributed by atoms with Gasteiger partial charge in [-0.2, -0.15) is 13.2 Å². The van der Waals surface area contributed by atoms with Crippen molar-refractivity contribution >= 4 is 33.2 Å². The van der Waals surface area contributed by atoms with E-state index in [-0.39, 0.29) is 18.2 Å². The van der Waals surface area contributed by atoms with Gasteiger partial charge in [-0.3, -0.25) is 9.10 Å². The van der Waals surface area contributed by atoms with Crippen molar-refractivity contribution < 1.29 is 31.1 Å². The molecule has 0 aromatic heterocycles. The molecule has 0 saturated heterocycles. The topological polar surface area (TPSA) is 75.7 Å². The van der Waals surface area contributed by atoms with Crippen LogP contribution in [0.15, 0.2) is 36.4 Å². The van der Waals surface area contributed by atoms with Gasteiger partial charge in [-0.15, -0.1) is 0 Å². The van der Waals surface area contributed by atoms with Gasteiger partial charge in [0.15, 0.2) is 0 Å². The van der Waals surface area contributed by atoms with E-state index in [0.717, 1.165) is 29.5 Å². The molecule has 1 amide bonds. The number of carbonyl (C=O) groups excluding carboxylic acids is 1. The van der Waals surface area contributed by atoms with Crippen LogP contribution >= 0.6 is 11.6 Å². The van der Waals surface area contributed by atoms with Crippen molar-refractivity contribution in [3.8, 4) is 5.75 Å². The summed E-state index contributed by atoms with van der Waals surface area (Å²) in [5.41, 5.74) is 0.640. The number of ether oxygens (including phenoxy) is 1. The summed E-state index contributed by atoms with van der Waals surface area (Å²) in [7, 11) is -4.09. The van der Waals surface area contributed by atoms with Crippen molar-refractivity contribution in [1.82, 2.24) is 5.32 Å². The second kappa shape index (κ2) is 9.78. The highest BCUT2D eigenvalue weighted by molar-refractivity contribution is 7.92. The van der Waals surface area contributed by atoms with Gasteiger partial charge in [0.1, 0.15) is 18.9 Å². The number of aryl methyl sites for hydroxylation is 2. The molecule has 0 unspecified atom stereocenters. The first-order valence-corrected chi connectivity index (χ1v) is 11.3. The number of rotatable bonds is 8. The highest BCUT2D eigenvalue weighted by atomic mass is 35.5. The molecule has 0 bridgehead atoms. The zero-order valence-electron chi connectivity index (χ0n) is 17.1. The summed E-state index contributed by atoms with van der Waals surface area (Å²) in [6.07, 6.45) is -3.92. The van der Waals surface area contributed by atoms with Crippen LogP contribution in [0.4, 0.5) is 18.9 Å². The molecule has 1 N–H and O–H groups in total. The normalized spacial score (nSPS) is 11.8. The molecule has 6 nitrogen and oxygen atoms in total. The second-order valence-corrected chi connectivity index (χ2v) is 9.19. The number of carbonyl (C=O) groups is 1. The lowest BCUT2D eigenvalue weighted by Crippen LogP contribution is -2.41. The number of amides is 1. The third-order valence-electron chi connectivity index (χ3n) is 4.40. The van der Waals surface area contributed by atoms with Gasteiger partial charge in [0.2, 0.25) is 15.9 Å². The molecule has 2 aromatic rings. The first-order valence-electron chi connectivity index (χ1n) is 9.10. The molecule has 0 radical (unpaired) electrons. The fraction of sp³-hybridized carbons (Fsp3) is 0.350. The minimum Gasteiger partial charge on any atom is -0.492 e. The lowest BCUT2D eigenvalue weighted by Gasteiger charge is -2.24. The van der Waals surface area contributed by atoms with Crippen molar-refractivity contribution in [2.24, 2.45) is 0 Å². The lowest BCUT2D eigenvalue weighted by molar-refractivity contribution is -0.137. The summed E-state index contributed by atoms with van der Waals surface area (Å²) in [5, 5.41) is 2.25. The highest BCUT2D eigenvalue weighted by Crippen LogP contribution is 2.36. The summed E-state index contributed by atoms with van der Waals surface area (Å²) in [5.74, 6) is -0.103. The van der Waals surface area contributed by atoms with Gasteiger partial charge < -0.3 is 10.1 Å². The fourth-order valence-corrected chi connectivity index (χ4v) is 3.74. The summed E-state index contributed by atoms with van der Waals surface area (Å²) >= 11 is 5.92. The largest absolute Gasteiger partial charge is 0.492 e. The predicted molar refractivity (Wildman–Crippen MR) is 113 cm³/mol. The van der Waals surface area contributed by atoms with Crippen LogP contribution in [0.25, 0.3) is 0 Å². The van der Waals surface area contributed by atoms with Gasteiger partial charge in [0.05, 0.1) is 29.1 Å². The minimum absolute atomic E-state index is 0.0691. The number of sulfonamides is 1. The van der Waals surface area contributed by atoms with Crippen molar-refractivity contribution in [2.45, 2.75) is 20.0 Å². The Balaban J connectivity index is 2.05. The standard InChI is InChI=1S/C20H22ClF3N2O4S/c1-13-4-6-16(10-14(13)2)30-9-8-25-19(27)12-26(31(3,28)29)18-11-15(20(22,23)24)5-7-17(18)21/h4-7,10-11H,8-9,12H2,1-3H3,(H,25,27). The van der Waals surface area contributed by atoms with Gasteiger partial charge in [-0.05, 0) is 55.3 Å². The molecule has 0 aliphatic carbocycles. The van der Waals surface area contributed by atoms with E-state index >= 15 is 0 Å². The Morgan fingerprint density at radius 3 is 2.39 bits per heavy atom. The zero-order chi connectivity index (χ0) is 23.4. The van der Waals surface area contributed by atoms with Crippen LogP contribution in [0.3, 0.4) is 0 Å². The van der Waals surface area contributed by atoms with Gasteiger partial charge in [-0.1, -0.05) is 17.7 Å². The van der Waals surface area contributed by atoms with Crippen molar-refractivity contribution in [3.63, 3.8) is 0 Å². The fourth-order valence-electron chi connectivity index (χ4n) is 2.61. The Morgan fingerprint density at radius 2 is 1.81 bits per heavy atom. The molecular weight excluding hydrogens is 457 g/mol. The summed E-state index contributed by atoms with van der Waals surface area (Å²) in [6.45, 7) is 3.35. The van der Waals surface area contributed by atoms with Gasteiger partial charge >= 0.3 is 6.18 Å². The Labute approximate surface area is 184 Å². The molecule has 0 saturated carbocycles. The first-order chi connectivity index (χ1) is 14.3. The van der Waals surface area contributed by atoms with E-state index in [1.807, 2.05) is 26.0 Å². The van der Waals surface area contributed by atoms with Crippen LogP contribution in [0, 0.1) is 13.8 Å². The minimum atomic E-state index is -4.70. The Bertz CT molecular complexity index is 1060. The predicted octanol–water partition coefficient (Wildman–Crippen LogP) is 3.94. The van der Waals surface area contributed by atoms with Crippen molar-refractivity contribution in [2.75, 3.05) is 30.3 Å². The molecule has 2 rings (SSSR count). The van der Waals surface area contributed by atoms with E-state index in [9.17, 15) is 26.4 Å². The number of alkyl halides is 3. The lowest BCUT2D eigenvalue weighted by atomic mass is 10.1. The third-order valence-corrected chi connectivity index (χ3v) is 5.85. The number of anilines is 1. The van der Waals surface area contributed by atoms with Crippen LogP contribution in [0.2, 0.25) is 5.02 Å². The summed E-state index contributed by atoms with van der Waals surface area (Å²) in [4.78, 5) is 12.2.